The Labute approximate surface area is 164 Å². The van der Waals surface area contributed by atoms with E-state index < -0.39 is 15.8 Å². The first-order chi connectivity index (χ1) is 13.4. The van der Waals surface area contributed by atoms with Gasteiger partial charge in [-0.3, -0.25) is 4.79 Å². The van der Waals surface area contributed by atoms with E-state index in [1.54, 1.807) is 0 Å². The molecule has 1 heterocycles. The smallest absolute Gasteiger partial charge is 0.251 e. The number of carbonyl (C=O) groups excluding carboxylic acids is 1. The predicted molar refractivity (Wildman–Crippen MR) is 104 cm³/mol. The molecule has 7 heteroatoms. The highest BCUT2D eigenvalue weighted by molar-refractivity contribution is 7.89. The molecule has 5 nitrogen and oxygen atoms in total. The number of nitrogens with one attached hydrogen (secondary N) is 1. The van der Waals surface area contributed by atoms with Crippen LogP contribution in [0.3, 0.4) is 0 Å². The minimum Gasteiger partial charge on any atom is -0.349 e. The van der Waals surface area contributed by atoms with Crippen LogP contribution < -0.4 is 5.32 Å². The Morgan fingerprint density at radius 2 is 1.79 bits per heavy atom. The Morgan fingerprint density at radius 1 is 1.07 bits per heavy atom. The summed E-state index contributed by atoms with van der Waals surface area (Å²) in [5, 5.41) is 2.96. The van der Waals surface area contributed by atoms with E-state index in [1.165, 1.54) is 28.6 Å². The molecule has 148 valence electrons. The summed E-state index contributed by atoms with van der Waals surface area (Å²) in [6, 6.07) is 13.3. The van der Waals surface area contributed by atoms with Crippen molar-refractivity contribution in [2.24, 2.45) is 5.92 Å². The number of amides is 1. The lowest BCUT2D eigenvalue weighted by molar-refractivity contribution is 0.0951. The minimum absolute atomic E-state index is 0.0444. The SMILES string of the molecule is O=C(NC1CC1)c1ccc(CC2CCN(S(=O)(=O)c3ccccc3F)C2)cc1. The molecular weight excluding hydrogens is 379 g/mol. The zero-order chi connectivity index (χ0) is 19.7. The van der Waals surface area contributed by atoms with Crippen molar-refractivity contribution in [1.82, 2.24) is 9.62 Å². The van der Waals surface area contributed by atoms with Crippen LogP contribution in [0.4, 0.5) is 4.39 Å². The van der Waals surface area contributed by atoms with Crippen LogP contribution in [0.25, 0.3) is 0 Å². The Morgan fingerprint density at radius 3 is 2.46 bits per heavy atom. The summed E-state index contributed by atoms with van der Waals surface area (Å²) < 4.78 is 40.7. The molecule has 2 aromatic carbocycles. The molecule has 28 heavy (non-hydrogen) atoms. The van der Waals surface area contributed by atoms with Crippen LogP contribution in [0.15, 0.2) is 53.4 Å². The lowest BCUT2D eigenvalue weighted by atomic mass is 9.98. The second-order valence-electron chi connectivity index (χ2n) is 7.60. The van der Waals surface area contributed by atoms with E-state index >= 15 is 0 Å². The first-order valence-corrected chi connectivity index (χ1v) is 11.0. The van der Waals surface area contributed by atoms with E-state index in [4.69, 9.17) is 0 Å². The van der Waals surface area contributed by atoms with Crippen LogP contribution in [0, 0.1) is 11.7 Å². The molecule has 2 fully saturated rings. The van der Waals surface area contributed by atoms with Crippen LogP contribution >= 0.6 is 0 Å². The summed E-state index contributed by atoms with van der Waals surface area (Å²) in [6.07, 6.45) is 3.57. The number of sulfonamides is 1. The van der Waals surface area contributed by atoms with Gasteiger partial charge in [-0.05, 0) is 61.4 Å². The molecule has 1 aliphatic carbocycles. The molecule has 1 aliphatic heterocycles. The van der Waals surface area contributed by atoms with Gasteiger partial charge in [0.1, 0.15) is 10.7 Å². The molecule has 1 saturated carbocycles. The molecular formula is C21H23FN2O3S. The molecule has 1 atom stereocenters. The van der Waals surface area contributed by atoms with Gasteiger partial charge >= 0.3 is 0 Å². The van der Waals surface area contributed by atoms with E-state index in [0.29, 0.717) is 24.7 Å². The molecule has 1 amide bonds. The van der Waals surface area contributed by atoms with Crippen molar-refractivity contribution in [3.63, 3.8) is 0 Å². The normalized spacial score (nSPS) is 20.2. The number of hydrogen-bond donors (Lipinski definition) is 1. The molecule has 2 aromatic rings. The summed E-state index contributed by atoms with van der Waals surface area (Å²) in [5.41, 5.74) is 1.71. The van der Waals surface area contributed by atoms with Gasteiger partial charge in [-0.2, -0.15) is 4.31 Å². The zero-order valence-corrected chi connectivity index (χ0v) is 16.3. The lowest BCUT2D eigenvalue weighted by Crippen LogP contribution is -2.29. The molecule has 1 saturated heterocycles. The van der Waals surface area contributed by atoms with Crippen molar-refractivity contribution in [2.75, 3.05) is 13.1 Å². The fourth-order valence-corrected chi connectivity index (χ4v) is 5.19. The Kier molecular flexibility index (Phi) is 5.21. The molecule has 0 radical (unpaired) electrons. The predicted octanol–water partition coefficient (Wildman–Crippen LogP) is 2.97. The quantitative estimate of drug-likeness (QED) is 0.808. The van der Waals surface area contributed by atoms with Crippen molar-refractivity contribution in [1.29, 1.82) is 0 Å². The summed E-state index contributed by atoms with van der Waals surface area (Å²) in [7, 11) is -3.81. The zero-order valence-electron chi connectivity index (χ0n) is 15.5. The Balaban J connectivity index is 1.38. The molecule has 4 rings (SSSR count). The number of hydrogen-bond acceptors (Lipinski definition) is 3. The molecule has 0 bridgehead atoms. The Bertz CT molecular complexity index is 971. The van der Waals surface area contributed by atoms with E-state index in [1.807, 2.05) is 24.3 Å². The van der Waals surface area contributed by atoms with Crippen molar-refractivity contribution in [2.45, 2.75) is 36.6 Å². The van der Waals surface area contributed by atoms with E-state index in [2.05, 4.69) is 5.32 Å². The second-order valence-corrected chi connectivity index (χ2v) is 9.50. The van der Waals surface area contributed by atoms with Gasteiger partial charge in [-0.25, -0.2) is 12.8 Å². The molecule has 0 aromatic heterocycles. The van der Waals surface area contributed by atoms with Gasteiger partial charge < -0.3 is 5.32 Å². The summed E-state index contributed by atoms with van der Waals surface area (Å²) in [6.45, 7) is 0.768. The van der Waals surface area contributed by atoms with Gasteiger partial charge in [0.2, 0.25) is 10.0 Å². The van der Waals surface area contributed by atoms with Crippen LogP contribution in [0.2, 0.25) is 0 Å². The molecule has 1 unspecified atom stereocenters. The van der Waals surface area contributed by atoms with Gasteiger partial charge in [0, 0.05) is 24.7 Å². The highest BCUT2D eigenvalue weighted by atomic mass is 32.2. The van der Waals surface area contributed by atoms with Crippen LogP contribution in [0.5, 0.6) is 0 Å². The molecule has 0 spiro atoms. The Hall–Kier alpha value is -2.25. The van der Waals surface area contributed by atoms with Gasteiger partial charge in [0.25, 0.3) is 5.91 Å². The minimum atomic E-state index is -3.81. The van der Waals surface area contributed by atoms with Crippen molar-refractivity contribution < 1.29 is 17.6 Å². The number of rotatable bonds is 6. The third kappa shape index (κ3) is 4.10. The monoisotopic (exact) mass is 402 g/mol. The van der Waals surface area contributed by atoms with Crippen molar-refractivity contribution in [3.8, 4) is 0 Å². The maximum atomic E-state index is 13.9. The lowest BCUT2D eigenvalue weighted by Gasteiger charge is -2.17. The number of benzene rings is 2. The van der Waals surface area contributed by atoms with Crippen LogP contribution in [-0.2, 0) is 16.4 Å². The highest BCUT2D eigenvalue weighted by Gasteiger charge is 2.34. The van der Waals surface area contributed by atoms with E-state index in [9.17, 15) is 17.6 Å². The first-order valence-electron chi connectivity index (χ1n) is 9.58. The summed E-state index contributed by atoms with van der Waals surface area (Å²) in [4.78, 5) is 11.8. The van der Waals surface area contributed by atoms with Crippen LogP contribution in [-0.4, -0.2) is 37.8 Å². The van der Waals surface area contributed by atoms with Crippen molar-refractivity contribution >= 4 is 15.9 Å². The standard InChI is InChI=1S/C21H23FN2O3S/c22-19-3-1-2-4-20(19)28(26,27)24-12-11-16(14-24)13-15-5-7-17(8-6-15)21(25)23-18-9-10-18/h1-8,16,18H,9-14H2,(H,23,25). The number of nitrogens with zero attached hydrogens (tertiary/aromatic N) is 1. The second kappa shape index (κ2) is 7.64. The summed E-state index contributed by atoms with van der Waals surface area (Å²) in [5.74, 6) is -0.587. The number of halogens is 1. The van der Waals surface area contributed by atoms with Crippen LogP contribution in [0.1, 0.15) is 35.2 Å². The average molecular weight is 402 g/mol. The van der Waals surface area contributed by atoms with Crippen molar-refractivity contribution in [3.05, 3.63) is 65.5 Å². The maximum Gasteiger partial charge on any atom is 0.251 e. The maximum absolute atomic E-state index is 13.9. The number of carbonyl (C=O) groups is 1. The fraction of sp³-hybridized carbons (Fsp3) is 0.381. The largest absolute Gasteiger partial charge is 0.349 e. The van der Waals surface area contributed by atoms with E-state index in [0.717, 1.165) is 31.2 Å². The average Bonchev–Trinajstić information content (AvgIpc) is 3.36. The summed E-state index contributed by atoms with van der Waals surface area (Å²) >= 11 is 0. The molecule has 1 N–H and O–H groups in total. The van der Waals surface area contributed by atoms with Gasteiger partial charge in [0.05, 0.1) is 0 Å². The third-order valence-corrected chi connectivity index (χ3v) is 7.25. The van der Waals surface area contributed by atoms with Gasteiger partial charge in [-0.1, -0.05) is 24.3 Å². The first kappa shape index (κ1) is 19.1. The highest BCUT2D eigenvalue weighted by Crippen LogP contribution is 2.28. The topological polar surface area (TPSA) is 66.5 Å². The van der Waals surface area contributed by atoms with Gasteiger partial charge in [0.15, 0.2) is 0 Å². The molecule has 2 aliphatic rings. The van der Waals surface area contributed by atoms with E-state index in [-0.39, 0.29) is 16.7 Å². The third-order valence-electron chi connectivity index (χ3n) is 5.36. The fourth-order valence-electron chi connectivity index (χ4n) is 3.60. The van der Waals surface area contributed by atoms with Gasteiger partial charge in [-0.15, -0.1) is 0 Å².